The SMILES string of the molecule is COc1cc(/C=N\NC(=O)c2ccccc2I)ccc1OC(=O)c1ccc(Cl)c(Cl)c1. The van der Waals surface area contributed by atoms with Gasteiger partial charge >= 0.3 is 5.97 Å². The average molecular weight is 569 g/mol. The quantitative estimate of drug-likeness (QED) is 0.138. The first kappa shape index (κ1) is 23.1. The van der Waals surface area contributed by atoms with Crippen molar-refractivity contribution in [2.75, 3.05) is 7.11 Å². The number of ether oxygens (including phenoxy) is 2. The fourth-order valence-corrected chi connectivity index (χ4v) is 3.43. The van der Waals surface area contributed by atoms with Crippen molar-refractivity contribution in [1.29, 1.82) is 0 Å². The number of hydrogen-bond acceptors (Lipinski definition) is 5. The number of nitrogens with zero attached hydrogens (tertiary/aromatic N) is 1. The maximum Gasteiger partial charge on any atom is 0.343 e. The lowest BCUT2D eigenvalue weighted by Crippen LogP contribution is -2.18. The van der Waals surface area contributed by atoms with Crippen molar-refractivity contribution < 1.29 is 19.1 Å². The third-order valence-corrected chi connectivity index (χ3v) is 5.72. The molecule has 0 spiro atoms. The van der Waals surface area contributed by atoms with Gasteiger partial charge < -0.3 is 9.47 Å². The van der Waals surface area contributed by atoms with Gasteiger partial charge in [-0.3, -0.25) is 4.79 Å². The Labute approximate surface area is 202 Å². The van der Waals surface area contributed by atoms with E-state index in [2.05, 4.69) is 33.1 Å². The Balaban J connectivity index is 1.70. The van der Waals surface area contributed by atoms with Crippen LogP contribution in [0.2, 0.25) is 10.0 Å². The van der Waals surface area contributed by atoms with E-state index in [0.717, 1.165) is 3.57 Å². The predicted octanol–water partition coefficient (Wildman–Crippen LogP) is 5.59. The lowest BCUT2D eigenvalue weighted by molar-refractivity contribution is 0.0729. The minimum Gasteiger partial charge on any atom is -0.493 e. The summed E-state index contributed by atoms with van der Waals surface area (Å²) in [6.07, 6.45) is 1.46. The molecule has 3 aromatic rings. The Hall–Kier alpha value is -2.62. The molecule has 0 saturated heterocycles. The van der Waals surface area contributed by atoms with Crippen molar-refractivity contribution in [1.82, 2.24) is 5.43 Å². The fraction of sp³-hybridized carbons (Fsp3) is 0.0455. The summed E-state index contributed by atoms with van der Waals surface area (Å²) in [7, 11) is 1.45. The summed E-state index contributed by atoms with van der Waals surface area (Å²) in [5.74, 6) is -0.386. The van der Waals surface area contributed by atoms with Gasteiger partial charge in [-0.25, -0.2) is 10.2 Å². The molecule has 0 aliphatic carbocycles. The number of hydrogen-bond donors (Lipinski definition) is 1. The molecule has 3 aromatic carbocycles. The minimum atomic E-state index is -0.608. The van der Waals surface area contributed by atoms with Crippen LogP contribution in [0.5, 0.6) is 11.5 Å². The Morgan fingerprint density at radius 3 is 2.48 bits per heavy atom. The van der Waals surface area contributed by atoms with Gasteiger partial charge in [0.05, 0.1) is 34.5 Å². The topological polar surface area (TPSA) is 77.0 Å². The van der Waals surface area contributed by atoms with Crippen LogP contribution in [0.3, 0.4) is 0 Å². The van der Waals surface area contributed by atoms with Gasteiger partial charge in [-0.05, 0) is 76.7 Å². The lowest BCUT2D eigenvalue weighted by atomic mass is 10.2. The number of nitrogens with one attached hydrogen (secondary N) is 1. The summed E-state index contributed by atoms with van der Waals surface area (Å²) < 4.78 is 11.5. The molecule has 0 aliphatic rings. The number of rotatable bonds is 6. The Morgan fingerprint density at radius 2 is 1.77 bits per heavy atom. The molecule has 0 atom stereocenters. The van der Waals surface area contributed by atoms with Crippen LogP contribution in [0.4, 0.5) is 0 Å². The van der Waals surface area contributed by atoms with E-state index in [0.29, 0.717) is 21.9 Å². The number of hydrazone groups is 1. The van der Waals surface area contributed by atoms with Crippen LogP contribution in [0.25, 0.3) is 0 Å². The zero-order chi connectivity index (χ0) is 22.4. The largest absolute Gasteiger partial charge is 0.493 e. The van der Waals surface area contributed by atoms with Crippen LogP contribution in [-0.2, 0) is 0 Å². The molecule has 9 heteroatoms. The second-order valence-electron chi connectivity index (χ2n) is 6.11. The molecular weight excluding hydrogens is 554 g/mol. The molecule has 31 heavy (non-hydrogen) atoms. The zero-order valence-electron chi connectivity index (χ0n) is 16.1. The Bertz CT molecular complexity index is 1170. The van der Waals surface area contributed by atoms with E-state index in [-0.39, 0.29) is 22.2 Å². The van der Waals surface area contributed by atoms with Crippen LogP contribution in [0.1, 0.15) is 26.3 Å². The van der Waals surface area contributed by atoms with Crippen molar-refractivity contribution in [2.45, 2.75) is 0 Å². The van der Waals surface area contributed by atoms with E-state index < -0.39 is 5.97 Å². The summed E-state index contributed by atoms with van der Waals surface area (Å²) in [5, 5.41) is 4.57. The van der Waals surface area contributed by atoms with Gasteiger partial charge in [-0.1, -0.05) is 35.3 Å². The molecule has 0 aliphatic heterocycles. The van der Waals surface area contributed by atoms with Gasteiger partial charge in [-0.2, -0.15) is 5.10 Å². The van der Waals surface area contributed by atoms with Crippen LogP contribution in [0, 0.1) is 3.57 Å². The number of methoxy groups -OCH3 is 1. The molecule has 0 fully saturated rings. The van der Waals surface area contributed by atoms with E-state index in [4.69, 9.17) is 32.7 Å². The minimum absolute atomic E-state index is 0.221. The molecular formula is C22H15Cl2IN2O4. The van der Waals surface area contributed by atoms with E-state index in [1.54, 1.807) is 30.3 Å². The van der Waals surface area contributed by atoms with Crippen molar-refractivity contribution in [3.63, 3.8) is 0 Å². The van der Waals surface area contributed by atoms with Crippen LogP contribution in [0.15, 0.2) is 65.8 Å². The molecule has 6 nitrogen and oxygen atoms in total. The molecule has 0 aromatic heterocycles. The van der Waals surface area contributed by atoms with Gasteiger partial charge in [0, 0.05) is 3.57 Å². The summed E-state index contributed by atoms with van der Waals surface area (Å²) in [4.78, 5) is 24.6. The number of esters is 1. The Kier molecular flexibility index (Phi) is 7.89. The van der Waals surface area contributed by atoms with Gasteiger partial charge in [0.1, 0.15) is 0 Å². The van der Waals surface area contributed by atoms with Gasteiger partial charge in [0.15, 0.2) is 11.5 Å². The predicted molar refractivity (Wildman–Crippen MR) is 129 cm³/mol. The maximum atomic E-state index is 12.4. The second-order valence-corrected chi connectivity index (χ2v) is 8.08. The molecule has 3 rings (SSSR count). The van der Waals surface area contributed by atoms with Crippen molar-refractivity contribution in [3.8, 4) is 11.5 Å². The van der Waals surface area contributed by atoms with Crippen LogP contribution in [-0.4, -0.2) is 25.2 Å². The third-order valence-electron chi connectivity index (χ3n) is 4.04. The first-order chi connectivity index (χ1) is 14.9. The first-order valence-corrected chi connectivity index (χ1v) is 10.7. The molecule has 1 amide bonds. The summed E-state index contributed by atoms with van der Waals surface area (Å²) in [5.41, 5.74) is 3.89. The number of amides is 1. The van der Waals surface area contributed by atoms with Gasteiger partial charge in [-0.15, -0.1) is 0 Å². The number of halogens is 3. The molecule has 0 saturated carbocycles. The summed E-state index contributed by atoms with van der Waals surface area (Å²) in [6, 6.07) is 16.5. The number of carbonyl (C=O) groups excluding carboxylic acids is 2. The lowest BCUT2D eigenvalue weighted by Gasteiger charge is -2.10. The van der Waals surface area contributed by atoms with Crippen molar-refractivity contribution in [3.05, 3.63) is 91.0 Å². The molecule has 1 N–H and O–H groups in total. The molecule has 0 radical (unpaired) electrons. The smallest absolute Gasteiger partial charge is 0.343 e. The van der Waals surface area contributed by atoms with Gasteiger partial charge in [0.2, 0.25) is 0 Å². The first-order valence-electron chi connectivity index (χ1n) is 8.82. The van der Waals surface area contributed by atoms with Crippen LogP contribution < -0.4 is 14.9 Å². The fourth-order valence-electron chi connectivity index (χ4n) is 2.50. The normalized spacial score (nSPS) is 10.7. The van der Waals surface area contributed by atoms with Crippen molar-refractivity contribution in [2.24, 2.45) is 5.10 Å². The molecule has 0 bridgehead atoms. The maximum absolute atomic E-state index is 12.4. The molecule has 158 valence electrons. The van der Waals surface area contributed by atoms with E-state index in [1.807, 2.05) is 12.1 Å². The monoisotopic (exact) mass is 568 g/mol. The van der Waals surface area contributed by atoms with E-state index >= 15 is 0 Å². The number of carbonyl (C=O) groups is 2. The highest BCUT2D eigenvalue weighted by Crippen LogP contribution is 2.29. The highest BCUT2D eigenvalue weighted by molar-refractivity contribution is 14.1. The van der Waals surface area contributed by atoms with Crippen LogP contribution >= 0.6 is 45.8 Å². The van der Waals surface area contributed by atoms with Crippen molar-refractivity contribution >= 4 is 63.9 Å². The second kappa shape index (κ2) is 10.6. The summed E-state index contributed by atoms with van der Waals surface area (Å²) >= 11 is 13.9. The third kappa shape index (κ3) is 5.96. The molecule has 0 heterocycles. The molecule has 0 unspecified atom stereocenters. The zero-order valence-corrected chi connectivity index (χ0v) is 19.7. The average Bonchev–Trinajstić information content (AvgIpc) is 2.76. The van der Waals surface area contributed by atoms with E-state index in [9.17, 15) is 9.59 Å². The Morgan fingerprint density at radius 1 is 1.00 bits per heavy atom. The standard InChI is InChI=1S/C22H15Cl2IN2O4/c1-30-20-10-13(12-26-27-21(28)15-4-2-3-5-18(15)25)6-9-19(20)31-22(29)14-7-8-16(23)17(24)11-14/h2-12H,1H3,(H,27,28)/b26-12-. The highest BCUT2D eigenvalue weighted by Gasteiger charge is 2.14. The highest BCUT2D eigenvalue weighted by atomic mass is 127. The van der Waals surface area contributed by atoms with E-state index in [1.165, 1.54) is 31.5 Å². The number of benzene rings is 3. The summed E-state index contributed by atoms with van der Waals surface area (Å²) in [6.45, 7) is 0. The van der Waals surface area contributed by atoms with Gasteiger partial charge in [0.25, 0.3) is 5.91 Å².